The van der Waals surface area contributed by atoms with Crippen molar-refractivity contribution < 1.29 is 4.79 Å². The molecule has 1 spiro atoms. The topological polar surface area (TPSA) is 17.1 Å². The maximum absolute atomic E-state index is 11.7. The highest BCUT2D eigenvalue weighted by atomic mass is 16.1. The Labute approximate surface area is 98.3 Å². The zero-order valence-corrected chi connectivity index (χ0v) is 10.6. The maximum Gasteiger partial charge on any atom is 0.127 e. The second-order valence-corrected chi connectivity index (χ2v) is 6.79. The van der Waals surface area contributed by atoms with E-state index in [1.807, 2.05) is 0 Å². The summed E-state index contributed by atoms with van der Waals surface area (Å²) in [6, 6.07) is 0. The lowest BCUT2D eigenvalue weighted by Gasteiger charge is -2.60. The van der Waals surface area contributed by atoms with Gasteiger partial charge in [-0.05, 0) is 48.3 Å². The first-order valence-electron chi connectivity index (χ1n) is 6.65. The molecule has 0 aromatic rings. The highest BCUT2D eigenvalue weighted by Gasteiger charge is 2.65. The number of carbonyl (C=O) groups excluding carboxylic acids is 1. The molecular weight excluding hydrogens is 196 g/mol. The molecule has 88 valence electrons. The highest BCUT2D eigenvalue weighted by molar-refractivity contribution is 5.64. The number of fused-ring (bicyclic) bond motifs is 1. The third kappa shape index (κ3) is 0.881. The predicted octanol–water partition coefficient (Wildman–Crippen LogP) is 3.59. The number of hydrogen-bond acceptors (Lipinski definition) is 1. The molecule has 0 aromatic heterocycles. The van der Waals surface area contributed by atoms with Gasteiger partial charge in [-0.3, -0.25) is 0 Å². The molecule has 4 aliphatic rings. The molecule has 1 nitrogen and oxygen atoms in total. The van der Waals surface area contributed by atoms with Gasteiger partial charge in [0.25, 0.3) is 0 Å². The van der Waals surface area contributed by atoms with Gasteiger partial charge < -0.3 is 4.79 Å². The van der Waals surface area contributed by atoms with E-state index >= 15 is 0 Å². The second kappa shape index (κ2) is 2.80. The van der Waals surface area contributed by atoms with Crippen molar-refractivity contribution in [3.63, 3.8) is 0 Å². The van der Waals surface area contributed by atoms with Crippen molar-refractivity contribution >= 4 is 6.29 Å². The van der Waals surface area contributed by atoms with Gasteiger partial charge in [-0.15, -0.1) is 0 Å². The Morgan fingerprint density at radius 3 is 2.50 bits per heavy atom. The molecule has 2 fully saturated rings. The Balaban J connectivity index is 2.19. The monoisotopic (exact) mass is 218 g/mol. The summed E-state index contributed by atoms with van der Waals surface area (Å²) in [6.07, 6.45) is 11.2. The average Bonchev–Trinajstić information content (AvgIpc) is 2.61. The Bertz CT molecular complexity index is 372. The Morgan fingerprint density at radius 2 is 1.94 bits per heavy atom. The van der Waals surface area contributed by atoms with E-state index in [1.54, 1.807) is 0 Å². The Hall–Kier alpha value is -0.590. The first-order valence-corrected chi connectivity index (χ1v) is 6.65. The third-order valence-electron chi connectivity index (χ3n) is 6.49. The number of rotatable bonds is 1. The van der Waals surface area contributed by atoms with Crippen LogP contribution >= 0.6 is 0 Å². The second-order valence-electron chi connectivity index (χ2n) is 6.79. The Morgan fingerprint density at radius 1 is 1.19 bits per heavy atom. The van der Waals surface area contributed by atoms with Crippen LogP contribution in [0.15, 0.2) is 12.2 Å². The number of carbonyl (C=O) groups is 1. The zero-order chi connectivity index (χ0) is 11.6. The molecule has 2 bridgehead atoms. The van der Waals surface area contributed by atoms with E-state index in [4.69, 9.17) is 0 Å². The fourth-order valence-electron chi connectivity index (χ4n) is 4.90. The molecule has 0 saturated heterocycles. The van der Waals surface area contributed by atoms with Crippen LogP contribution in [0.1, 0.15) is 46.5 Å². The van der Waals surface area contributed by atoms with Crippen LogP contribution in [0, 0.1) is 28.1 Å². The lowest BCUT2D eigenvalue weighted by Crippen LogP contribution is -2.56. The highest BCUT2D eigenvalue weighted by Crippen LogP contribution is 2.70. The third-order valence-corrected chi connectivity index (χ3v) is 6.49. The van der Waals surface area contributed by atoms with Gasteiger partial charge in [0.15, 0.2) is 0 Å². The van der Waals surface area contributed by atoms with E-state index in [-0.39, 0.29) is 10.8 Å². The predicted molar refractivity (Wildman–Crippen MR) is 65.0 cm³/mol. The summed E-state index contributed by atoms with van der Waals surface area (Å²) in [5.41, 5.74) is 0.351. The summed E-state index contributed by atoms with van der Waals surface area (Å²) >= 11 is 0. The molecule has 0 N–H and O–H groups in total. The van der Waals surface area contributed by atoms with Crippen molar-refractivity contribution in [3.05, 3.63) is 12.2 Å². The quantitative estimate of drug-likeness (QED) is 0.485. The van der Waals surface area contributed by atoms with E-state index in [1.165, 1.54) is 32.0 Å². The number of hydrogen-bond donors (Lipinski definition) is 0. The lowest BCUT2D eigenvalue weighted by molar-refractivity contribution is -0.138. The fourth-order valence-corrected chi connectivity index (χ4v) is 4.90. The normalized spacial score (nSPS) is 58.7. The van der Waals surface area contributed by atoms with Crippen molar-refractivity contribution in [2.24, 2.45) is 28.1 Å². The SMILES string of the molecule is C[C@H]1CC[C@@H]2[C@@]13C=C[C@@](C)(CC3)[C@@]2(C)C=O. The first-order chi connectivity index (χ1) is 7.48. The molecule has 2 saturated carbocycles. The average molecular weight is 218 g/mol. The van der Waals surface area contributed by atoms with Crippen LogP contribution in [0.4, 0.5) is 0 Å². The maximum atomic E-state index is 11.7. The van der Waals surface area contributed by atoms with E-state index in [0.717, 1.165) is 5.92 Å². The van der Waals surface area contributed by atoms with Crippen molar-refractivity contribution in [2.75, 3.05) is 0 Å². The summed E-state index contributed by atoms with van der Waals surface area (Å²) < 4.78 is 0. The summed E-state index contributed by atoms with van der Waals surface area (Å²) in [6.45, 7) is 6.87. The van der Waals surface area contributed by atoms with Gasteiger partial charge in [-0.25, -0.2) is 0 Å². The van der Waals surface area contributed by atoms with Crippen LogP contribution in [0.2, 0.25) is 0 Å². The van der Waals surface area contributed by atoms with Crippen LogP contribution in [0.5, 0.6) is 0 Å². The fraction of sp³-hybridized carbons (Fsp3) is 0.800. The van der Waals surface area contributed by atoms with E-state index in [2.05, 4.69) is 32.9 Å². The van der Waals surface area contributed by atoms with E-state index in [0.29, 0.717) is 11.3 Å². The molecule has 0 heterocycles. The molecule has 16 heavy (non-hydrogen) atoms. The molecule has 0 unspecified atom stereocenters. The van der Waals surface area contributed by atoms with Crippen molar-refractivity contribution in [3.8, 4) is 0 Å². The molecule has 1 heteroatoms. The smallest absolute Gasteiger partial charge is 0.127 e. The van der Waals surface area contributed by atoms with E-state index in [9.17, 15) is 4.79 Å². The van der Waals surface area contributed by atoms with Crippen molar-refractivity contribution in [2.45, 2.75) is 46.5 Å². The van der Waals surface area contributed by atoms with Crippen LogP contribution < -0.4 is 0 Å². The van der Waals surface area contributed by atoms with Crippen LogP contribution in [-0.2, 0) is 4.79 Å². The van der Waals surface area contributed by atoms with Crippen molar-refractivity contribution in [1.82, 2.24) is 0 Å². The van der Waals surface area contributed by atoms with Crippen LogP contribution in [0.3, 0.4) is 0 Å². The zero-order valence-electron chi connectivity index (χ0n) is 10.6. The Kier molecular flexibility index (Phi) is 1.85. The van der Waals surface area contributed by atoms with Gasteiger partial charge in [-0.1, -0.05) is 32.9 Å². The molecule has 0 aromatic carbocycles. The lowest BCUT2D eigenvalue weighted by atomic mass is 9.42. The van der Waals surface area contributed by atoms with Gasteiger partial charge in [0.1, 0.15) is 6.29 Å². The van der Waals surface area contributed by atoms with Gasteiger partial charge >= 0.3 is 0 Å². The van der Waals surface area contributed by atoms with Crippen LogP contribution in [0.25, 0.3) is 0 Å². The summed E-state index contributed by atoms with van der Waals surface area (Å²) in [4.78, 5) is 11.7. The van der Waals surface area contributed by atoms with E-state index < -0.39 is 0 Å². The van der Waals surface area contributed by atoms with Gasteiger partial charge in [-0.2, -0.15) is 0 Å². The molecule has 0 amide bonds. The largest absolute Gasteiger partial charge is 0.303 e. The van der Waals surface area contributed by atoms with Crippen molar-refractivity contribution in [1.29, 1.82) is 0 Å². The minimum absolute atomic E-state index is 0.116. The number of aldehydes is 1. The molecule has 0 radical (unpaired) electrons. The summed E-state index contributed by atoms with van der Waals surface area (Å²) in [7, 11) is 0. The van der Waals surface area contributed by atoms with Crippen LogP contribution in [-0.4, -0.2) is 6.29 Å². The first kappa shape index (κ1) is 10.6. The minimum Gasteiger partial charge on any atom is -0.303 e. The molecule has 4 rings (SSSR count). The molecule has 4 aliphatic carbocycles. The van der Waals surface area contributed by atoms with Gasteiger partial charge in [0.05, 0.1) is 0 Å². The standard InChI is InChI=1S/C15H22O/c1-11-4-5-12-14(3,10-16)13(2)6-8-15(11,12)9-7-13/h6,8,10-12H,4-5,7,9H2,1-3H3/t11-,12-,13-,14-,15+/m0/s1. The summed E-state index contributed by atoms with van der Waals surface area (Å²) in [5, 5.41) is 0. The summed E-state index contributed by atoms with van der Waals surface area (Å²) in [5.74, 6) is 1.36. The molecular formula is C15H22O. The van der Waals surface area contributed by atoms with Gasteiger partial charge in [0, 0.05) is 5.41 Å². The van der Waals surface area contributed by atoms with Gasteiger partial charge in [0.2, 0.25) is 0 Å². The molecule has 5 atom stereocenters. The molecule has 0 aliphatic heterocycles. The minimum atomic E-state index is -0.120. The number of allylic oxidation sites excluding steroid dienone is 2.